The number of ether oxygens (including phenoxy) is 1. The number of hydrogen-bond acceptors (Lipinski definition) is 5. The zero-order valence-corrected chi connectivity index (χ0v) is 15.9. The highest BCUT2D eigenvalue weighted by Gasteiger charge is 2.24. The first-order chi connectivity index (χ1) is 11.9. The molecule has 0 saturated carbocycles. The highest BCUT2D eigenvalue weighted by Crippen LogP contribution is 2.35. The monoisotopic (exact) mass is 400 g/mol. The quantitative estimate of drug-likeness (QED) is 0.829. The number of hydrogen-bond donors (Lipinski definition) is 1. The summed E-state index contributed by atoms with van der Waals surface area (Å²) < 4.78 is 33.3. The molecular formula is C16H17ClN2O4S2. The van der Waals surface area contributed by atoms with Crippen LogP contribution in [0.3, 0.4) is 0 Å². The molecule has 0 bridgehead atoms. The molecule has 1 amide bonds. The molecule has 1 aromatic heterocycles. The lowest BCUT2D eigenvalue weighted by Crippen LogP contribution is -2.35. The van der Waals surface area contributed by atoms with Gasteiger partial charge in [-0.05, 0) is 43.2 Å². The van der Waals surface area contributed by atoms with Crippen molar-refractivity contribution in [1.82, 2.24) is 0 Å². The molecular weight excluding hydrogens is 384 g/mol. The number of piperidine rings is 1. The Balaban J connectivity index is 1.93. The van der Waals surface area contributed by atoms with E-state index in [0.29, 0.717) is 34.4 Å². The Bertz CT molecular complexity index is 895. The van der Waals surface area contributed by atoms with Gasteiger partial charge in [0, 0.05) is 13.0 Å². The summed E-state index contributed by atoms with van der Waals surface area (Å²) in [7, 11) is -2.21. The number of nitrogens with one attached hydrogen (secondary N) is 1. The number of benzene rings is 1. The lowest BCUT2D eigenvalue weighted by molar-refractivity contribution is -0.119. The zero-order chi connectivity index (χ0) is 18.0. The van der Waals surface area contributed by atoms with Crippen LogP contribution in [-0.2, 0) is 14.8 Å². The summed E-state index contributed by atoms with van der Waals surface area (Å²) in [4.78, 5) is 13.8. The van der Waals surface area contributed by atoms with E-state index in [0.717, 1.165) is 24.2 Å². The Hall–Kier alpha value is -1.77. The minimum absolute atomic E-state index is 0.00888. The molecule has 1 fully saturated rings. The molecule has 134 valence electrons. The molecule has 6 nitrogen and oxygen atoms in total. The van der Waals surface area contributed by atoms with E-state index in [-0.39, 0.29) is 10.1 Å². The van der Waals surface area contributed by atoms with Gasteiger partial charge in [-0.3, -0.25) is 9.52 Å². The first kappa shape index (κ1) is 18.0. The third-order valence-electron chi connectivity index (χ3n) is 3.86. The number of rotatable bonds is 5. The second kappa shape index (κ2) is 7.23. The van der Waals surface area contributed by atoms with Gasteiger partial charge in [0.1, 0.15) is 9.96 Å². The summed E-state index contributed by atoms with van der Waals surface area (Å²) in [5.41, 5.74) is 0.926. The number of nitrogens with zero attached hydrogens (tertiary/aromatic N) is 1. The predicted octanol–water partition coefficient (Wildman–Crippen LogP) is 3.73. The Morgan fingerprint density at radius 2 is 2.04 bits per heavy atom. The van der Waals surface area contributed by atoms with Crippen LogP contribution in [0.5, 0.6) is 5.75 Å². The van der Waals surface area contributed by atoms with Gasteiger partial charge in [0.15, 0.2) is 0 Å². The SMILES string of the molecule is COc1ccc(NS(=O)(=O)c2ccc(Cl)s2)cc1N1CCCCC1=O. The van der Waals surface area contributed by atoms with Crippen LogP contribution in [-0.4, -0.2) is 28.0 Å². The van der Waals surface area contributed by atoms with Gasteiger partial charge in [-0.15, -0.1) is 11.3 Å². The largest absolute Gasteiger partial charge is 0.495 e. The van der Waals surface area contributed by atoms with Crippen molar-refractivity contribution < 1.29 is 17.9 Å². The van der Waals surface area contributed by atoms with Gasteiger partial charge in [-0.2, -0.15) is 0 Å². The summed E-state index contributed by atoms with van der Waals surface area (Å²) in [6.45, 7) is 0.589. The number of methoxy groups -OCH3 is 1. The maximum absolute atomic E-state index is 12.5. The first-order valence-corrected chi connectivity index (χ1v) is 10.3. The number of sulfonamides is 1. The van der Waals surface area contributed by atoms with Gasteiger partial charge in [-0.25, -0.2) is 8.42 Å². The fourth-order valence-corrected chi connectivity index (χ4v) is 5.20. The van der Waals surface area contributed by atoms with Gasteiger partial charge < -0.3 is 9.64 Å². The Morgan fingerprint density at radius 1 is 1.24 bits per heavy atom. The molecule has 1 saturated heterocycles. The fraction of sp³-hybridized carbons (Fsp3) is 0.312. The maximum Gasteiger partial charge on any atom is 0.271 e. The van der Waals surface area contributed by atoms with Crippen LogP contribution in [0.15, 0.2) is 34.5 Å². The second-order valence-electron chi connectivity index (χ2n) is 5.55. The van der Waals surface area contributed by atoms with Gasteiger partial charge in [0.2, 0.25) is 5.91 Å². The minimum atomic E-state index is -3.73. The van der Waals surface area contributed by atoms with E-state index in [1.807, 2.05) is 0 Å². The Morgan fingerprint density at radius 3 is 2.68 bits per heavy atom. The number of thiophene rings is 1. The summed E-state index contributed by atoms with van der Waals surface area (Å²) in [6, 6.07) is 7.86. The fourth-order valence-electron chi connectivity index (χ4n) is 2.67. The topological polar surface area (TPSA) is 75.7 Å². The number of anilines is 2. The summed E-state index contributed by atoms with van der Waals surface area (Å²) in [5.74, 6) is 0.534. The van der Waals surface area contributed by atoms with Gasteiger partial charge in [0.05, 0.1) is 22.8 Å². The lowest BCUT2D eigenvalue weighted by Gasteiger charge is -2.28. The molecule has 0 aliphatic carbocycles. The number of carbonyl (C=O) groups is 1. The molecule has 3 rings (SSSR count). The Labute approximate surface area is 155 Å². The van der Waals surface area contributed by atoms with Crippen LogP contribution in [0, 0.1) is 0 Å². The van der Waals surface area contributed by atoms with Crippen molar-refractivity contribution in [2.45, 2.75) is 23.5 Å². The average Bonchev–Trinajstić information content (AvgIpc) is 3.02. The van der Waals surface area contributed by atoms with E-state index in [4.69, 9.17) is 16.3 Å². The van der Waals surface area contributed by atoms with Crippen molar-refractivity contribution in [2.75, 3.05) is 23.3 Å². The van der Waals surface area contributed by atoms with Gasteiger partial charge in [0.25, 0.3) is 10.0 Å². The zero-order valence-electron chi connectivity index (χ0n) is 13.5. The van der Waals surface area contributed by atoms with E-state index in [2.05, 4.69) is 4.72 Å². The van der Waals surface area contributed by atoms with E-state index < -0.39 is 10.0 Å². The van der Waals surface area contributed by atoms with E-state index in [1.165, 1.54) is 19.2 Å². The molecule has 0 unspecified atom stereocenters. The van der Waals surface area contributed by atoms with Crippen molar-refractivity contribution in [1.29, 1.82) is 0 Å². The van der Waals surface area contributed by atoms with Crippen LogP contribution in [0.1, 0.15) is 19.3 Å². The molecule has 1 N–H and O–H groups in total. The molecule has 0 radical (unpaired) electrons. The van der Waals surface area contributed by atoms with Crippen LogP contribution in [0.2, 0.25) is 4.34 Å². The summed E-state index contributed by atoms with van der Waals surface area (Å²) in [5, 5.41) is 0. The predicted molar refractivity (Wildman–Crippen MR) is 99.3 cm³/mol. The van der Waals surface area contributed by atoms with Crippen molar-refractivity contribution in [3.63, 3.8) is 0 Å². The molecule has 0 spiro atoms. The standard InChI is InChI=1S/C16H17ClN2O4S2/c1-23-13-6-5-11(10-12(13)19-9-3-2-4-15(19)20)18-25(21,22)16-8-7-14(17)24-16/h5-8,10,18H,2-4,9H2,1H3. The summed E-state index contributed by atoms with van der Waals surface area (Å²) in [6.07, 6.45) is 2.24. The minimum Gasteiger partial charge on any atom is -0.495 e. The molecule has 9 heteroatoms. The molecule has 2 aromatic rings. The molecule has 1 aliphatic heterocycles. The van der Waals surface area contributed by atoms with E-state index in [1.54, 1.807) is 23.1 Å². The van der Waals surface area contributed by atoms with E-state index >= 15 is 0 Å². The first-order valence-electron chi connectivity index (χ1n) is 7.67. The van der Waals surface area contributed by atoms with Crippen LogP contribution in [0.25, 0.3) is 0 Å². The van der Waals surface area contributed by atoms with Gasteiger partial charge in [-0.1, -0.05) is 11.6 Å². The maximum atomic E-state index is 12.5. The third-order valence-corrected chi connectivity index (χ3v) is 6.96. The second-order valence-corrected chi connectivity index (χ2v) is 9.18. The Kier molecular flexibility index (Phi) is 5.21. The smallest absolute Gasteiger partial charge is 0.271 e. The van der Waals surface area contributed by atoms with Crippen molar-refractivity contribution >= 4 is 50.2 Å². The van der Waals surface area contributed by atoms with E-state index in [9.17, 15) is 13.2 Å². The van der Waals surface area contributed by atoms with Crippen LogP contribution < -0.4 is 14.4 Å². The molecule has 1 aliphatic rings. The highest BCUT2D eigenvalue weighted by atomic mass is 35.5. The highest BCUT2D eigenvalue weighted by molar-refractivity contribution is 7.94. The third kappa shape index (κ3) is 3.91. The number of amides is 1. The lowest BCUT2D eigenvalue weighted by atomic mass is 10.1. The van der Waals surface area contributed by atoms with Crippen molar-refractivity contribution in [2.24, 2.45) is 0 Å². The van der Waals surface area contributed by atoms with Crippen molar-refractivity contribution in [3.8, 4) is 5.75 Å². The number of carbonyl (C=O) groups excluding carboxylic acids is 1. The van der Waals surface area contributed by atoms with Crippen LogP contribution in [0.4, 0.5) is 11.4 Å². The average molecular weight is 401 g/mol. The summed E-state index contributed by atoms with van der Waals surface area (Å²) >= 11 is 6.80. The van der Waals surface area contributed by atoms with Crippen molar-refractivity contribution in [3.05, 3.63) is 34.7 Å². The molecule has 2 heterocycles. The van der Waals surface area contributed by atoms with Gasteiger partial charge >= 0.3 is 0 Å². The van der Waals surface area contributed by atoms with Crippen LogP contribution >= 0.6 is 22.9 Å². The molecule has 1 aromatic carbocycles. The molecule has 0 atom stereocenters. The molecule has 25 heavy (non-hydrogen) atoms. The normalized spacial score (nSPS) is 15.3. The number of halogens is 1.